The largest absolute Gasteiger partial charge is 0.494 e. The smallest absolute Gasteiger partial charge is 0.165 e. The average molecular weight is 478 g/mol. The number of anilines is 1. The maximum Gasteiger partial charge on any atom is 0.165 e. The summed E-state index contributed by atoms with van der Waals surface area (Å²) in [6.45, 7) is 10.4. The zero-order valence-corrected chi connectivity index (χ0v) is 20.4. The quantitative estimate of drug-likeness (QED) is 0.532. The molecule has 0 amide bonds. The lowest BCUT2D eigenvalue weighted by Gasteiger charge is -2.32. The van der Waals surface area contributed by atoms with Crippen LogP contribution in [-0.4, -0.2) is 53.0 Å². The van der Waals surface area contributed by atoms with Crippen molar-refractivity contribution in [3.05, 3.63) is 39.6 Å². The third-order valence-electron chi connectivity index (χ3n) is 5.85. The first-order valence-corrected chi connectivity index (χ1v) is 11.7. The van der Waals surface area contributed by atoms with E-state index in [0.29, 0.717) is 46.7 Å². The molecule has 1 aliphatic rings. The van der Waals surface area contributed by atoms with Crippen LogP contribution in [-0.2, 0) is 4.74 Å². The summed E-state index contributed by atoms with van der Waals surface area (Å²) >= 11 is 13.4. The van der Waals surface area contributed by atoms with Gasteiger partial charge in [-0.2, -0.15) is 9.61 Å². The van der Waals surface area contributed by atoms with E-state index < -0.39 is 0 Å². The summed E-state index contributed by atoms with van der Waals surface area (Å²) in [5.41, 5.74) is 9.89. The SMILES string of the molecule is CCOc1cc(Cl)c(-c2c(C)nn3c(N(CCN)C4CCOC4C)cc(C)nc23)c(Cl)c1. The topological polar surface area (TPSA) is 77.9 Å². The van der Waals surface area contributed by atoms with Crippen molar-refractivity contribution >= 4 is 34.7 Å². The van der Waals surface area contributed by atoms with E-state index in [-0.39, 0.29) is 12.1 Å². The molecule has 32 heavy (non-hydrogen) atoms. The van der Waals surface area contributed by atoms with Crippen molar-refractivity contribution in [3.63, 3.8) is 0 Å². The molecular weight excluding hydrogens is 449 g/mol. The standard InChI is InChI=1S/C23H29Cl2N5O2/c1-5-31-16-11-17(24)22(18(25)12-16)21-14(3)28-30-20(10-13(2)27-23(21)30)29(8-7-26)19-6-9-32-15(19)4/h10-12,15,19H,5-9,26H2,1-4H3. The highest BCUT2D eigenvalue weighted by Gasteiger charge is 2.32. The van der Waals surface area contributed by atoms with Gasteiger partial charge in [-0.05, 0) is 46.2 Å². The second-order valence-corrected chi connectivity index (χ2v) is 8.87. The second kappa shape index (κ2) is 9.43. The van der Waals surface area contributed by atoms with Gasteiger partial charge in [-0.15, -0.1) is 0 Å². The average Bonchev–Trinajstić information content (AvgIpc) is 3.29. The Kier molecular flexibility index (Phi) is 6.81. The normalized spacial score (nSPS) is 18.5. The van der Waals surface area contributed by atoms with Crippen LogP contribution >= 0.6 is 23.2 Å². The van der Waals surface area contributed by atoms with Gasteiger partial charge in [0.05, 0.1) is 40.1 Å². The van der Waals surface area contributed by atoms with Crippen molar-refractivity contribution < 1.29 is 9.47 Å². The van der Waals surface area contributed by atoms with Crippen LogP contribution < -0.4 is 15.4 Å². The molecule has 1 saturated heterocycles. The van der Waals surface area contributed by atoms with Gasteiger partial charge < -0.3 is 20.1 Å². The van der Waals surface area contributed by atoms with Crippen molar-refractivity contribution in [1.29, 1.82) is 0 Å². The Labute approximate surface area is 198 Å². The molecule has 0 radical (unpaired) electrons. The van der Waals surface area contributed by atoms with Crippen LogP contribution in [0.3, 0.4) is 0 Å². The van der Waals surface area contributed by atoms with Crippen LogP contribution in [0.4, 0.5) is 5.82 Å². The fourth-order valence-corrected chi connectivity index (χ4v) is 5.14. The van der Waals surface area contributed by atoms with Gasteiger partial charge in [-0.1, -0.05) is 23.2 Å². The molecule has 1 aromatic carbocycles. The van der Waals surface area contributed by atoms with E-state index in [2.05, 4.69) is 11.8 Å². The van der Waals surface area contributed by atoms with Crippen LogP contribution in [0.5, 0.6) is 5.75 Å². The number of aryl methyl sites for hydroxylation is 2. The van der Waals surface area contributed by atoms with Crippen LogP contribution in [0.15, 0.2) is 18.2 Å². The Bertz CT molecular complexity index is 1110. The van der Waals surface area contributed by atoms with Crippen molar-refractivity contribution in [2.75, 3.05) is 31.2 Å². The molecule has 3 aromatic rings. The van der Waals surface area contributed by atoms with E-state index in [0.717, 1.165) is 35.8 Å². The first-order chi connectivity index (χ1) is 15.3. The molecule has 0 aliphatic carbocycles. The number of aromatic nitrogens is 3. The number of nitrogens with two attached hydrogens (primary N) is 1. The van der Waals surface area contributed by atoms with E-state index in [4.69, 9.17) is 48.5 Å². The molecule has 0 spiro atoms. The molecule has 1 fully saturated rings. The number of benzene rings is 1. The zero-order chi connectivity index (χ0) is 23.0. The van der Waals surface area contributed by atoms with E-state index >= 15 is 0 Å². The molecule has 2 unspecified atom stereocenters. The number of ether oxygens (including phenoxy) is 2. The minimum absolute atomic E-state index is 0.108. The Morgan fingerprint density at radius 2 is 1.94 bits per heavy atom. The van der Waals surface area contributed by atoms with Gasteiger partial charge in [-0.25, -0.2) is 4.98 Å². The van der Waals surface area contributed by atoms with Crippen molar-refractivity contribution in [2.45, 2.75) is 46.3 Å². The molecule has 9 heteroatoms. The lowest BCUT2D eigenvalue weighted by molar-refractivity contribution is 0.117. The molecule has 172 valence electrons. The Balaban J connectivity index is 1.91. The number of hydrogen-bond donors (Lipinski definition) is 1. The minimum Gasteiger partial charge on any atom is -0.494 e. The maximum absolute atomic E-state index is 6.68. The van der Waals surface area contributed by atoms with Gasteiger partial charge >= 0.3 is 0 Å². The van der Waals surface area contributed by atoms with Crippen molar-refractivity contribution in [2.24, 2.45) is 5.73 Å². The number of nitrogens with zero attached hydrogens (tertiary/aromatic N) is 4. The highest BCUT2D eigenvalue weighted by atomic mass is 35.5. The summed E-state index contributed by atoms with van der Waals surface area (Å²) in [4.78, 5) is 7.11. The van der Waals surface area contributed by atoms with Crippen LogP contribution in [0, 0.1) is 13.8 Å². The minimum atomic E-state index is 0.108. The van der Waals surface area contributed by atoms with Gasteiger partial charge in [-0.3, -0.25) is 0 Å². The summed E-state index contributed by atoms with van der Waals surface area (Å²) in [6.07, 6.45) is 1.05. The number of hydrogen-bond acceptors (Lipinski definition) is 6. The van der Waals surface area contributed by atoms with Gasteiger partial charge in [0, 0.05) is 37.0 Å². The third-order valence-corrected chi connectivity index (χ3v) is 6.45. The van der Waals surface area contributed by atoms with Crippen molar-refractivity contribution in [3.8, 4) is 16.9 Å². The molecule has 2 aromatic heterocycles. The predicted octanol–water partition coefficient (Wildman–Crippen LogP) is 4.66. The predicted molar refractivity (Wildman–Crippen MR) is 129 cm³/mol. The Morgan fingerprint density at radius 1 is 1.22 bits per heavy atom. The van der Waals surface area contributed by atoms with E-state index in [1.54, 1.807) is 12.1 Å². The van der Waals surface area contributed by atoms with Crippen LogP contribution in [0.1, 0.15) is 31.7 Å². The van der Waals surface area contributed by atoms with E-state index in [1.165, 1.54) is 0 Å². The molecule has 7 nitrogen and oxygen atoms in total. The Hall–Kier alpha value is -2.06. The number of fused-ring (bicyclic) bond motifs is 1. The fourth-order valence-electron chi connectivity index (χ4n) is 4.48. The summed E-state index contributed by atoms with van der Waals surface area (Å²) in [5.74, 6) is 1.57. The van der Waals surface area contributed by atoms with Gasteiger partial charge in [0.15, 0.2) is 5.65 Å². The van der Waals surface area contributed by atoms with E-state index in [1.807, 2.05) is 31.4 Å². The Morgan fingerprint density at radius 3 is 2.53 bits per heavy atom. The molecule has 2 N–H and O–H groups in total. The molecule has 1 aliphatic heterocycles. The summed E-state index contributed by atoms with van der Waals surface area (Å²) in [6, 6.07) is 5.83. The fraction of sp³-hybridized carbons (Fsp3) is 0.478. The van der Waals surface area contributed by atoms with Crippen LogP contribution in [0.25, 0.3) is 16.8 Å². The lowest BCUT2D eigenvalue weighted by atomic mass is 10.1. The van der Waals surface area contributed by atoms with Gasteiger partial charge in [0.2, 0.25) is 0 Å². The molecule has 0 saturated carbocycles. The molecule has 3 heterocycles. The van der Waals surface area contributed by atoms with Gasteiger partial charge in [0.25, 0.3) is 0 Å². The summed E-state index contributed by atoms with van der Waals surface area (Å²) in [7, 11) is 0. The molecular formula is C23H29Cl2N5O2. The summed E-state index contributed by atoms with van der Waals surface area (Å²) < 4.78 is 13.3. The molecule has 0 bridgehead atoms. The van der Waals surface area contributed by atoms with Crippen molar-refractivity contribution in [1.82, 2.24) is 14.6 Å². The number of halogens is 2. The van der Waals surface area contributed by atoms with Gasteiger partial charge in [0.1, 0.15) is 11.6 Å². The lowest BCUT2D eigenvalue weighted by Crippen LogP contribution is -2.43. The third kappa shape index (κ3) is 4.15. The highest BCUT2D eigenvalue weighted by molar-refractivity contribution is 6.39. The maximum atomic E-state index is 6.68. The molecule has 2 atom stereocenters. The first-order valence-electron chi connectivity index (χ1n) is 10.9. The summed E-state index contributed by atoms with van der Waals surface area (Å²) in [5, 5.41) is 5.85. The monoisotopic (exact) mass is 477 g/mol. The number of rotatable bonds is 7. The molecule has 4 rings (SSSR count). The second-order valence-electron chi connectivity index (χ2n) is 8.06. The van der Waals surface area contributed by atoms with E-state index in [9.17, 15) is 0 Å². The first kappa shape index (κ1) is 23.1. The van der Waals surface area contributed by atoms with Crippen LogP contribution in [0.2, 0.25) is 10.0 Å². The highest BCUT2D eigenvalue weighted by Crippen LogP contribution is 2.42. The zero-order valence-electron chi connectivity index (χ0n) is 18.9.